The van der Waals surface area contributed by atoms with E-state index < -0.39 is 12.3 Å². The van der Waals surface area contributed by atoms with Crippen LogP contribution < -0.4 is 0 Å². The van der Waals surface area contributed by atoms with Crippen molar-refractivity contribution in [2.24, 2.45) is 0 Å². The molecule has 4 rings (SSSR count). The normalized spacial score (nSPS) is 25.2. The van der Waals surface area contributed by atoms with E-state index in [1.807, 2.05) is 29.2 Å². The molecular formula is C19H24FN3O3. The first kappa shape index (κ1) is 17.4. The second-order valence-corrected chi connectivity index (χ2v) is 7.13. The van der Waals surface area contributed by atoms with Gasteiger partial charge in [-0.05, 0) is 25.0 Å². The van der Waals surface area contributed by atoms with E-state index in [2.05, 4.69) is 9.88 Å². The van der Waals surface area contributed by atoms with E-state index in [1.54, 1.807) is 6.92 Å². The van der Waals surface area contributed by atoms with Crippen molar-refractivity contribution in [1.29, 1.82) is 0 Å². The van der Waals surface area contributed by atoms with E-state index in [0.29, 0.717) is 30.6 Å². The fourth-order valence-electron chi connectivity index (χ4n) is 3.92. The fraction of sp³-hybridized carbons (Fsp3) is 0.579. The predicted octanol–water partition coefficient (Wildman–Crippen LogP) is 2.38. The molecule has 1 amide bonds. The molecule has 2 saturated heterocycles. The van der Waals surface area contributed by atoms with E-state index in [9.17, 15) is 9.18 Å². The van der Waals surface area contributed by atoms with Crippen LogP contribution in [0.4, 0.5) is 4.39 Å². The fourth-order valence-corrected chi connectivity index (χ4v) is 3.92. The number of amides is 1. The van der Waals surface area contributed by atoms with E-state index in [4.69, 9.17) is 9.15 Å². The maximum Gasteiger partial charge on any atom is 0.221 e. The molecule has 0 unspecified atom stereocenters. The van der Waals surface area contributed by atoms with Gasteiger partial charge in [0.2, 0.25) is 11.8 Å². The smallest absolute Gasteiger partial charge is 0.221 e. The van der Waals surface area contributed by atoms with Crippen molar-refractivity contribution in [1.82, 2.24) is 14.8 Å². The maximum absolute atomic E-state index is 14.4. The molecule has 140 valence electrons. The molecule has 0 radical (unpaired) electrons. The number of oxazole rings is 1. The minimum Gasteiger partial charge on any atom is -0.438 e. The van der Waals surface area contributed by atoms with Crippen molar-refractivity contribution in [3.8, 4) is 0 Å². The van der Waals surface area contributed by atoms with Crippen molar-refractivity contribution in [3.05, 3.63) is 30.2 Å². The van der Waals surface area contributed by atoms with Gasteiger partial charge in [0.1, 0.15) is 24.4 Å². The van der Waals surface area contributed by atoms with Crippen molar-refractivity contribution in [2.75, 3.05) is 26.2 Å². The highest BCUT2D eigenvalue weighted by Gasteiger charge is 2.38. The lowest BCUT2D eigenvalue weighted by Crippen LogP contribution is -2.45. The molecule has 7 heteroatoms. The van der Waals surface area contributed by atoms with Gasteiger partial charge in [0, 0.05) is 39.1 Å². The van der Waals surface area contributed by atoms with E-state index >= 15 is 0 Å². The summed E-state index contributed by atoms with van der Waals surface area (Å²) in [6.45, 7) is 4.25. The summed E-state index contributed by atoms with van der Waals surface area (Å²) in [5.74, 6) is 0.597. The van der Waals surface area contributed by atoms with Crippen LogP contribution in [-0.2, 0) is 16.1 Å². The Balaban J connectivity index is 1.30. The number of carbonyl (C=O) groups is 1. The SMILES string of the molecule is CC(=O)N1CCC(N2C[C@@H](F)[C@@H](OCc3nc4ccccc4o3)C2)CC1. The van der Waals surface area contributed by atoms with Crippen LogP contribution in [0.25, 0.3) is 11.1 Å². The summed E-state index contributed by atoms with van der Waals surface area (Å²) in [5, 5.41) is 0. The molecule has 0 bridgehead atoms. The molecule has 0 saturated carbocycles. The third-order valence-electron chi connectivity index (χ3n) is 5.41. The Hall–Kier alpha value is -1.99. The van der Waals surface area contributed by atoms with Crippen LogP contribution >= 0.6 is 0 Å². The van der Waals surface area contributed by atoms with Crippen molar-refractivity contribution < 1.29 is 18.3 Å². The van der Waals surface area contributed by atoms with E-state index in [-0.39, 0.29) is 12.5 Å². The standard InChI is InChI=1S/C19H24FN3O3/c1-13(24)22-8-6-14(7-9-22)23-10-15(20)18(11-23)25-12-19-21-16-4-2-3-5-17(16)26-19/h2-5,14-15,18H,6-12H2,1H3/t15-,18+/m1/s1. The van der Waals surface area contributed by atoms with Crippen LogP contribution in [0.5, 0.6) is 0 Å². The summed E-state index contributed by atoms with van der Waals surface area (Å²) in [6, 6.07) is 7.85. The molecule has 0 aliphatic carbocycles. The number of ether oxygens (including phenoxy) is 1. The van der Waals surface area contributed by atoms with Crippen LogP contribution in [0.3, 0.4) is 0 Å². The lowest BCUT2D eigenvalue weighted by atomic mass is 10.0. The van der Waals surface area contributed by atoms with Crippen LogP contribution in [0.2, 0.25) is 0 Å². The van der Waals surface area contributed by atoms with Gasteiger partial charge in [0.15, 0.2) is 5.58 Å². The number of aromatic nitrogens is 1. The van der Waals surface area contributed by atoms with Crippen LogP contribution in [0.1, 0.15) is 25.7 Å². The Morgan fingerprint density at radius 3 is 2.81 bits per heavy atom. The number of para-hydroxylation sites is 2. The number of halogens is 1. The molecular weight excluding hydrogens is 337 g/mol. The number of alkyl halides is 1. The maximum atomic E-state index is 14.4. The lowest BCUT2D eigenvalue weighted by Gasteiger charge is -2.36. The average Bonchev–Trinajstić information content (AvgIpc) is 3.23. The zero-order valence-electron chi connectivity index (χ0n) is 14.9. The largest absolute Gasteiger partial charge is 0.438 e. The molecule has 0 spiro atoms. The summed E-state index contributed by atoms with van der Waals surface area (Å²) in [4.78, 5) is 19.8. The number of likely N-dealkylation sites (tertiary alicyclic amines) is 2. The van der Waals surface area contributed by atoms with E-state index in [1.165, 1.54) is 0 Å². The van der Waals surface area contributed by atoms with E-state index in [0.717, 1.165) is 31.4 Å². The summed E-state index contributed by atoms with van der Waals surface area (Å²) in [6.07, 6.45) is 0.315. The third-order valence-corrected chi connectivity index (χ3v) is 5.41. The summed E-state index contributed by atoms with van der Waals surface area (Å²) in [7, 11) is 0. The second-order valence-electron chi connectivity index (χ2n) is 7.13. The van der Waals surface area contributed by atoms with Gasteiger partial charge in [-0.15, -0.1) is 0 Å². The molecule has 2 fully saturated rings. The number of hydrogen-bond acceptors (Lipinski definition) is 5. The molecule has 2 aliphatic heterocycles. The topological polar surface area (TPSA) is 58.8 Å². The molecule has 26 heavy (non-hydrogen) atoms. The zero-order chi connectivity index (χ0) is 18.1. The minimum absolute atomic E-state index is 0.118. The van der Waals surface area contributed by atoms with Gasteiger partial charge in [-0.2, -0.15) is 0 Å². The van der Waals surface area contributed by atoms with Crippen molar-refractivity contribution >= 4 is 17.0 Å². The van der Waals surface area contributed by atoms with Gasteiger partial charge >= 0.3 is 0 Å². The Labute approximate surface area is 151 Å². The Kier molecular flexibility index (Phi) is 4.91. The van der Waals surface area contributed by atoms with Crippen LogP contribution in [0, 0.1) is 0 Å². The van der Waals surface area contributed by atoms with Gasteiger partial charge in [0.25, 0.3) is 0 Å². The van der Waals surface area contributed by atoms with Gasteiger partial charge in [0.05, 0.1) is 0 Å². The Morgan fingerprint density at radius 1 is 1.31 bits per heavy atom. The van der Waals surface area contributed by atoms with Crippen molar-refractivity contribution in [3.63, 3.8) is 0 Å². The quantitative estimate of drug-likeness (QED) is 0.837. The number of hydrogen-bond donors (Lipinski definition) is 0. The van der Waals surface area contributed by atoms with Gasteiger partial charge in [-0.25, -0.2) is 9.37 Å². The number of benzene rings is 1. The minimum atomic E-state index is -1.01. The first-order valence-electron chi connectivity index (χ1n) is 9.20. The Bertz CT molecular complexity index is 739. The molecule has 2 aromatic rings. The average molecular weight is 361 g/mol. The van der Waals surface area contributed by atoms with Gasteiger partial charge < -0.3 is 14.1 Å². The number of fused-ring (bicyclic) bond motifs is 1. The highest BCUT2D eigenvalue weighted by molar-refractivity contribution is 5.73. The highest BCUT2D eigenvalue weighted by atomic mass is 19.1. The van der Waals surface area contributed by atoms with Crippen LogP contribution in [-0.4, -0.2) is 65.2 Å². The molecule has 3 heterocycles. The first-order valence-corrected chi connectivity index (χ1v) is 9.20. The monoisotopic (exact) mass is 361 g/mol. The number of carbonyl (C=O) groups excluding carboxylic acids is 1. The molecule has 1 aromatic carbocycles. The second kappa shape index (κ2) is 7.32. The third kappa shape index (κ3) is 3.59. The summed E-state index contributed by atoms with van der Waals surface area (Å²) >= 11 is 0. The lowest BCUT2D eigenvalue weighted by molar-refractivity contribution is -0.130. The van der Waals surface area contributed by atoms with Crippen molar-refractivity contribution in [2.45, 2.75) is 44.7 Å². The predicted molar refractivity (Wildman–Crippen MR) is 94.3 cm³/mol. The van der Waals surface area contributed by atoms with Gasteiger partial charge in [-0.3, -0.25) is 9.69 Å². The molecule has 2 atom stereocenters. The Morgan fingerprint density at radius 2 is 2.08 bits per heavy atom. The molecule has 1 aromatic heterocycles. The zero-order valence-corrected chi connectivity index (χ0v) is 14.9. The number of nitrogens with zero attached hydrogens (tertiary/aromatic N) is 3. The molecule has 2 aliphatic rings. The van der Waals surface area contributed by atoms with Crippen LogP contribution in [0.15, 0.2) is 28.7 Å². The summed E-state index contributed by atoms with van der Waals surface area (Å²) in [5.41, 5.74) is 1.50. The number of piperidine rings is 1. The molecule has 0 N–H and O–H groups in total. The molecule has 6 nitrogen and oxygen atoms in total. The number of rotatable bonds is 4. The highest BCUT2D eigenvalue weighted by Crippen LogP contribution is 2.25. The first-order chi connectivity index (χ1) is 12.6. The van der Waals surface area contributed by atoms with Gasteiger partial charge in [-0.1, -0.05) is 12.1 Å². The summed E-state index contributed by atoms with van der Waals surface area (Å²) < 4.78 is 25.8.